The van der Waals surface area contributed by atoms with Gasteiger partial charge < -0.3 is 20.1 Å². The third-order valence-electron chi connectivity index (χ3n) is 2.98. The fourth-order valence-corrected chi connectivity index (χ4v) is 1.89. The van der Waals surface area contributed by atoms with Gasteiger partial charge in [-0.1, -0.05) is 6.07 Å². The Hall–Kier alpha value is -3.09. The molecule has 2 aromatic rings. The van der Waals surface area contributed by atoms with Crippen molar-refractivity contribution in [2.24, 2.45) is 0 Å². The number of amides is 2. The molecular formula is C16H17N3O4. The molecule has 2 amide bonds. The molecule has 1 aromatic heterocycles. The molecule has 120 valence electrons. The number of aromatic nitrogens is 1. The van der Waals surface area contributed by atoms with E-state index in [4.69, 9.17) is 9.47 Å². The lowest BCUT2D eigenvalue weighted by Gasteiger charge is -2.10. The van der Waals surface area contributed by atoms with Crippen LogP contribution in [0.15, 0.2) is 36.4 Å². The molecule has 2 rings (SSSR count). The van der Waals surface area contributed by atoms with E-state index in [1.807, 2.05) is 0 Å². The maximum atomic E-state index is 11.9. The molecule has 7 heteroatoms. The van der Waals surface area contributed by atoms with Crippen molar-refractivity contribution < 1.29 is 19.1 Å². The van der Waals surface area contributed by atoms with Crippen molar-refractivity contribution in [2.45, 2.75) is 6.92 Å². The second-order valence-corrected chi connectivity index (χ2v) is 4.64. The first-order valence-corrected chi connectivity index (χ1v) is 6.81. The minimum atomic E-state index is -0.808. The standard InChI is InChI=1S/C16H17N3O4/c1-10-5-4-6-14(17-10)19-16(21)15(20)18-11-7-8-12(22-2)13(9-11)23-3/h4-9H,1-3H3,(H,18,20)(H,17,19,21). The van der Waals surface area contributed by atoms with Crippen molar-refractivity contribution in [3.63, 3.8) is 0 Å². The summed E-state index contributed by atoms with van der Waals surface area (Å²) in [5.74, 6) is -0.319. The second kappa shape index (κ2) is 7.26. The van der Waals surface area contributed by atoms with Gasteiger partial charge in [-0.2, -0.15) is 0 Å². The predicted molar refractivity (Wildman–Crippen MR) is 85.8 cm³/mol. The number of anilines is 2. The van der Waals surface area contributed by atoms with Crippen LogP contribution in [0, 0.1) is 6.92 Å². The van der Waals surface area contributed by atoms with Gasteiger partial charge in [0.05, 0.1) is 14.2 Å². The summed E-state index contributed by atoms with van der Waals surface area (Å²) in [7, 11) is 3.00. The van der Waals surface area contributed by atoms with Crippen LogP contribution in [0.4, 0.5) is 11.5 Å². The second-order valence-electron chi connectivity index (χ2n) is 4.64. The van der Waals surface area contributed by atoms with Gasteiger partial charge in [-0.25, -0.2) is 4.98 Å². The highest BCUT2D eigenvalue weighted by atomic mass is 16.5. The Morgan fingerprint density at radius 1 is 0.957 bits per heavy atom. The van der Waals surface area contributed by atoms with Gasteiger partial charge in [-0.05, 0) is 31.2 Å². The number of hydrogen-bond donors (Lipinski definition) is 2. The summed E-state index contributed by atoms with van der Waals surface area (Å²) in [5.41, 5.74) is 1.16. The van der Waals surface area contributed by atoms with Crippen LogP contribution in [-0.4, -0.2) is 31.0 Å². The first-order valence-electron chi connectivity index (χ1n) is 6.81. The average Bonchev–Trinajstić information content (AvgIpc) is 2.54. The van der Waals surface area contributed by atoms with Crippen LogP contribution in [0.2, 0.25) is 0 Å². The van der Waals surface area contributed by atoms with Gasteiger partial charge in [0.15, 0.2) is 11.5 Å². The van der Waals surface area contributed by atoms with Gasteiger partial charge in [0.1, 0.15) is 5.82 Å². The number of rotatable bonds is 4. The van der Waals surface area contributed by atoms with E-state index in [2.05, 4.69) is 15.6 Å². The van der Waals surface area contributed by atoms with Gasteiger partial charge in [0, 0.05) is 17.4 Å². The Labute approximate surface area is 133 Å². The number of benzene rings is 1. The summed E-state index contributed by atoms with van der Waals surface area (Å²) in [6.07, 6.45) is 0. The summed E-state index contributed by atoms with van der Waals surface area (Å²) in [6, 6.07) is 9.94. The molecule has 23 heavy (non-hydrogen) atoms. The number of ether oxygens (including phenoxy) is 2. The normalized spacial score (nSPS) is 9.87. The summed E-state index contributed by atoms with van der Waals surface area (Å²) in [6.45, 7) is 1.79. The minimum absolute atomic E-state index is 0.317. The first kappa shape index (κ1) is 16.3. The SMILES string of the molecule is COc1ccc(NC(=O)C(=O)Nc2cccc(C)n2)cc1OC. The van der Waals surface area contributed by atoms with E-state index in [0.29, 0.717) is 23.0 Å². The molecule has 0 saturated heterocycles. The van der Waals surface area contributed by atoms with Crippen LogP contribution in [0.25, 0.3) is 0 Å². The molecule has 0 aliphatic carbocycles. The molecule has 1 aromatic carbocycles. The lowest BCUT2D eigenvalue weighted by molar-refractivity contribution is -0.133. The maximum absolute atomic E-state index is 11.9. The highest BCUT2D eigenvalue weighted by molar-refractivity contribution is 6.43. The summed E-state index contributed by atoms with van der Waals surface area (Å²) >= 11 is 0. The number of methoxy groups -OCH3 is 2. The number of carbonyl (C=O) groups is 2. The van der Waals surface area contributed by atoms with E-state index < -0.39 is 11.8 Å². The third kappa shape index (κ3) is 4.19. The Balaban J connectivity index is 2.05. The Kier molecular flexibility index (Phi) is 5.14. The zero-order chi connectivity index (χ0) is 16.8. The molecular weight excluding hydrogens is 298 g/mol. The van der Waals surface area contributed by atoms with Crippen LogP contribution in [0.3, 0.4) is 0 Å². The van der Waals surface area contributed by atoms with Crippen LogP contribution in [-0.2, 0) is 9.59 Å². The Morgan fingerprint density at radius 3 is 2.30 bits per heavy atom. The van der Waals surface area contributed by atoms with Crippen molar-refractivity contribution in [1.82, 2.24) is 4.98 Å². The quantitative estimate of drug-likeness (QED) is 0.842. The average molecular weight is 315 g/mol. The maximum Gasteiger partial charge on any atom is 0.315 e. The molecule has 1 heterocycles. The lowest BCUT2D eigenvalue weighted by atomic mass is 10.2. The number of carbonyl (C=O) groups excluding carboxylic acids is 2. The molecule has 0 spiro atoms. The van der Waals surface area contributed by atoms with Crippen LogP contribution in [0.1, 0.15) is 5.69 Å². The van der Waals surface area contributed by atoms with Crippen LogP contribution in [0.5, 0.6) is 11.5 Å². The third-order valence-corrected chi connectivity index (χ3v) is 2.98. The molecule has 0 aliphatic rings. The van der Waals surface area contributed by atoms with Gasteiger partial charge in [0.25, 0.3) is 0 Å². The van der Waals surface area contributed by atoms with Gasteiger partial charge in [-0.15, -0.1) is 0 Å². The van der Waals surface area contributed by atoms with Gasteiger partial charge in [0.2, 0.25) is 0 Å². The van der Waals surface area contributed by atoms with E-state index in [1.54, 1.807) is 43.3 Å². The first-order chi connectivity index (χ1) is 11.0. The molecule has 7 nitrogen and oxygen atoms in total. The van der Waals surface area contributed by atoms with Crippen molar-refractivity contribution in [2.75, 3.05) is 24.9 Å². The molecule has 0 atom stereocenters. The van der Waals surface area contributed by atoms with Crippen molar-refractivity contribution in [1.29, 1.82) is 0 Å². The fraction of sp³-hybridized carbons (Fsp3) is 0.188. The van der Waals surface area contributed by atoms with Crippen LogP contribution >= 0.6 is 0 Å². The lowest BCUT2D eigenvalue weighted by Crippen LogP contribution is -2.29. The number of aryl methyl sites for hydroxylation is 1. The van der Waals surface area contributed by atoms with E-state index in [1.165, 1.54) is 14.2 Å². The zero-order valence-electron chi connectivity index (χ0n) is 13.0. The minimum Gasteiger partial charge on any atom is -0.493 e. The zero-order valence-corrected chi connectivity index (χ0v) is 13.0. The largest absolute Gasteiger partial charge is 0.493 e. The molecule has 0 unspecified atom stereocenters. The molecule has 2 N–H and O–H groups in total. The highest BCUT2D eigenvalue weighted by Crippen LogP contribution is 2.29. The predicted octanol–water partition coefficient (Wildman–Crippen LogP) is 1.98. The van der Waals surface area contributed by atoms with E-state index in [-0.39, 0.29) is 0 Å². The van der Waals surface area contributed by atoms with Crippen molar-refractivity contribution in [3.8, 4) is 11.5 Å². The van der Waals surface area contributed by atoms with Crippen LogP contribution < -0.4 is 20.1 Å². The summed E-state index contributed by atoms with van der Waals surface area (Å²) < 4.78 is 10.2. The molecule has 0 aliphatic heterocycles. The Bertz CT molecular complexity index is 731. The topological polar surface area (TPSA) is 89.5 Å². The van der Waals surface area contributed by atoms with Crippen molar-refractivity contribution >= 4 is 23.3 Å². The highest BCUT2D eigenvalue weighted by Gasteiger charge is 2.15. The Morgan fingerprint density at radius 2 is 1.65 bits per heavy atom. The smallest absolute Gasteiger partial charge is 0.315 e. The van der Waals surface area contributed by atoms with E-state index in [0.717, 1.165) is 5.69 Å². The molecule has 0 fully saturated rings. The van der Waals surface area contributed by atoms with E-state index in [9.17, 15) is 9.59 Å². The number of nitrogens with one attached hydrogen (secondary N) is 2. The number of hydrogen-bond acceptors (Lipinski definition) is 5. The number of nitrogens with zero attached hydrogens (tertiary/aromatic N) is 1. The van der Waals surface area contributed by atoms with Gasteiger partial charge >= 0.3 is 11.8 Å². The monoisotopic (exact) mass is 315 g/mol. The molecule has 0 radical (unpaired) electrons. The molecule has 0 bridgehead atoms. The van der Waals surface area contributed by atoms with E-state index >= 15 is 0 Å². The molecule has 0 saturated carbocycles. The summed E-state index contributed by atoms with van der Waals surface area (Å²) in [5, 5.41) is 4.92. The summed E-state index contributed by atoms with van der Waals surface area (Å²) in [4.78, 5) is 27.9. The van der Waals surface area contributed by atoms with Crippen molar-refractivity contribution in [3.05, 3.63) is 42.1 Å². The number of pyridine rings is 1. The van der Waals surface area contributed by atoms with Gasteiger partial charge in [-0.3, -0.25) is 9.59 Å². The fourth-order valence-electron chi connectivity index (χ4n) is 1.89.